The number of aliphatic hydroxyl groups is 2. The van der Waals surface area contributed by atoms with Crippen molar-refractivity contribution in [3.05, 3.63) is 0 Å². The van der Waals surface area contributed by atoms with Crippen LogP contribution in [0.25, 0.3) is 0 Å². The van der Waals surface area contributed by atoms with Crippen molar-refractivity contribution in [1.82, 2.24) is 0 Å². The molecular formula is C20H42O8. The van der Waals surface area contributed by atoms with Crippen molar-refractivity contribution in [3.63, 3.8) is 0 Å². The molecule has 0 aliphatic rings. The highest BCUT2D eigenvalue weighted by atomic mass is 16.5. The number of aliphatic carboxylic acids is 2. The van der Waals surface area contributed by atoms with Crippen LogP contribution >= 0.6 is 0 Å². The fourth-order valence-corrected chi connectivity index (χ4v) is 1.86. The van der Waals surface area contributed by atoms with Gasteiger partial charge in [-0.15, -0.1) is 0 Å². The Balaban J connectivity index is -0.000000336. The number of hydrogen-bond donors (Lipinski definition) is 4. The van der Waals surface area contributed by atoms with Crippen molar-refractivity contribution >= 4 is 11.9 Å². The topological polar surface area (TPSA) is 134 Å². The molecule has 0 atom stereocenters. The highest BCUT2D eigenvalue weighted by molar-refractivity contribution is 5.66. The monoisotopic (exact) mass is 410 g/mol. The molecule has 0 saturated heterocycles. The summed E-state index contributed by atoms with van der Waals surface area (Å²) in [6, 6.07) is 0. The van der Waals surface area contributed by atoms with Crippen molar-refractivity contribution in [3.8, 4) is 0 Å². The quantitative estimate of drug-likeness (QED) is 0.269. The maximum absolute atomic E-state index is 9.96. The van der Waals surface area contributed by atoms with Crippen LogP contribution in [-0.2, 0) is 19.1 Å². The molecule has 0 spiro atoms. The van der Waals surface area contributed by atoms with Gasteiger partial charge in [0.15, 0.2) is 0 Å². The first kappa shape index (κ1) is 31.5. The third-order valence-electron chi connectivity index (χ3n) is 3.33. The van der Waals surface area contributed by atoms with Crippen LogP contribution in [-0.4, -0.2) is 72.0 Å². The number of aliphatic hydroxyl groups excluding tert-OH is 2. The van der Waals surface area contributed by atoms with Gasteiger partial charge in [0.2, 0.25) is 0 Å². The minimum absolute atomic E-state index is 0.0417. The molecule has 0 aliphatic carbocycles. The summed E-state index contributed by atoms with van der Waals surface area (Å²) in [5.41, 5.74) is 0. The van der Waals surface area contributed by atoms with E-state index in [9.17, 15) is 9.59 Å². The summed E-state index contributed by atoms with van der Waals surface area (Å²) in [6.45, 7) is 5.95. The van der Waals surface area contributed by atoms with Crippen molar-refractivity contribution < 1.29 is 39.5 Å². The van der Waals surface area contributed by atoms with E-state index >= 15 is 0 Å². The molecule has 0 aromatic heterocycles. The maximum atomic E-state index is 9.96. The minimum atomic E-state index is -0.675. The number of ether oxygens (including phenoxy) is 2. The summed E-state index contributed by atoms with van der Waals surface area (Å²) < 4.78 is 9.75. The summed E-state index contributed by atoms with van der Waals surface area (Å²) in [5.74, 6) is -1.35. The second-order valence-electron chi connectivity index (χ2n) is 6.08. The molecule has 0 heterocycles. The van der Waals surface area contributed by atoms with Gasteiger partial charge in [-0.1, -0.05) is 52.4 Å². The van der Waals surface area contributed by atoms with Crippen LogP contribution in [0.2, 0.25) is 0 Å². The molecule has 0 unspecified atom stereocenters. The SMILES string of the molecule is CCCCCCC(=O)O.CCCCCCC(=O)O.OCCOCCOCCO. The van der Waals surface area contributed by atoms with Crippen LogP contribution in [0.1, 0.15) is 78.1 Å². The average Bonchev–Trinajstić information content (AvgIpc) is 2.66. The van der Waals surface area contributed by atoms with Crippen LogP contribution in [0.3, 0.4) is 0 Å². The van der Waals surface area contributed by atoms with Crippen LogP contribution in [0.15, 0.2) is 0 Å². The number of hydrogen-bond acceptors (Lipinski definition) is 6. The molecule has 0 radical (unpaired) electrons. The van der Waals surface area contributed by atoms with Gasteiger partial charge in [-0.05, 0) is 12.8 Å². The Morgan fingerprint density at radius 1 is 0.607 bits per heavy atom. The average molecular weight is 411 g/mol. The number of unbranched alkanes of at least 4 members (excludes halogenated alkanes) is 6. The minimum Gasteiger partial charge on any atom is -0.481 e. The molecule has 0 amide bonds. The summed E-state index contributed by atoms with van der Waals surface area (Å²) in [6.07, 6.45) is 9.11. The Morgan fingerprint density at radius 3 is 1.21 bits per heavy atom. The molecule has 8 nitrogen and oxygen atoms in total. The largest absolute Gasteiger partial charge is 0.481 e. The van der Waals surface area contributed by atoms with E-state index in [-0.39, 0.29) is 13.2 Å². The fourth-order valence-electron chi connectivity index (χ4n) is 1.86. The standard InChI is InChI=1S/2C7H14O2.C6H14O4/c2*1-2-3-4-5-6-7(8)9;7-1-3-9-5-6-10-4-2-8/h2*2-6H2,1H3,(H,8,9);7-8H,1-6H2. The van der Waals surface area contributed by atoms with E-state index < -0.39 is 11.9 Å². The fraction of sp³-hybridized carbons (Fsp3) is 0.900. The van der Waals surface area contributed by atoms with Gasteiger partial charge in [0.25, 0.3) is 0 Å². The zero-order valence-corrected chi connectivity index (χ0v) is 17.7. The predicted octanol–water partition coefficient (Wildman–Crippen LogP) is 3.09. The lowest BCUT2D eigenvalue weighted by Crippen LogP contribution is -2.09. The smallest absolute Gasteiger partial charge is 0.303 e. The number of rotatable bonds is 17. The second-order valence-corrected chi connectivity index (χ2v) is 6.08. The lowest BCUT2D eigenvalue weighted by Gasteiger charge is -2.01. The molecule has 8 heteroatoms. The van der Waals surface area contributed by atoms with Gasteiger partial charge in [0, 0.05) is 12.8 Å². The Kier molecular flexibility index (Phi) is 34.3. The molecule has 0 aliphatic heterocycles. The van der Waals surface area contributed by atoms with Crippen LogP contribution in [0.4, 0.5) is 0 Å². The van der Waals surface area contributed by atoms with Crippen molar-refractivity contribution in [2.75, 3.05) is 39.6 Å². The first-order valence-electron chi connectivity index (χ1n) is 10.3. The van der Waals surface area contributed by atoms with E-state index in [0.717, 1.165) is 38.5 Å². The van der Waals surface area contributed by atoms with Gasteiger partial charge in [-0.2, -0.15) is 0 Å². The maximum Gasteiger partial charge on any atom is 0.303 e. The summed E-state index contributed by atoms with van der Waals surface area (Å²) in [7, 11) is 0. The number of carboxylic acid groups (broad SMARTS) is 2. The molecule has 0 aromatic carbocycles. The highest BCUT2D eigenvalue weighted by Crippen LogP contribution is 2.01. The number of carboxylic acids is 2. The molecule has 0 bridgehead atoms. The van der Waals surface area contributed by atoms with E-state index in [2.05, 4.69) is 13.8 Å². The predicted molar refractivity (Wildman–Crippen MR) is 109 cm³/mol. The Bertz CT molecular complexity index is 281. The van der Waals surface area contributed by atoms with E-state index in [1.165, 1.54) is 12.8 Å². The first-order chi connectivity index (χ1) is 13.5. The third-order valence-corrected chi connectivity index (χ3v) is 3.33. The van der Waals surface area contributed by atoms with Crippen molar-refractivity contribution in [1.29, 1.82) is 0 Å². The van der Waals surface area contributed by atoms with Gasteiger partial charge < -0.3 is 29.9 Å². The van der Waals surface area contributed by atoms with Crippen molar-refractivity contribution in [2.24, 2.45) is 0 Å². The van der Waals surface area contributed by atoms with E-state index in [1.807, 2.05) is 0 Å². The van der Waals surface area contributed by atoms with Gasteiger partial charge in [-0.3, -0.25) is 9.59 Å². The molecule has 0 fully saturated rings. The van der Waals surface area contributed by atoms with Gasteiger partial charge in [-0.25, -0.2) is 0 Å². The van der Waals surface area contributed by atoms with E-state index in [0.29, 0.717) is 39.3 Å². The Labute approximate surface area is 169 Å². The molecule has 0 saturated carbocycles. The van der Waals surface area contributed by atoms with Gasteiger partial charge in [0.1, 0.15) is 0 Å². The molecule has 0 rings (SSSR count). The van der Waals surface area contributed by atoms with Crippen LogP contribution in [0, 0.1) is 0 Å². The second kappa shape index (κ2) is 30.5. The third kappa shape index (κ3) is 44.3. The molecule has 0 aromatic rings. The zero-order chi connectivity index (χ0) is 21.9. The highest BCUT2D eigenvalue weighted by Gasteiger charge is 1.94. The van der Waals surface area contributed by atoms with E-state index in [1.54, 1.807) is 0 Å². The van der Waals surface area contributed by atoms with Crippen molar-refractivity contribution in [2.45, 2.75) is 78.1 Å². The number of carbonyl (C=O) groups is 2. The van der Waals surface area contributed by atoms with Crippen LogP contribution < -0.4 is 0 Å². The Hall–Kier alpha value is -1.22. The Morgan fingerprint density at radius 2 is 0.964 bits per heavy atom. The van der Waals surface area contributed by atoms with E-state index in [4.69, 9.17) is 29.9 Å². The lowest BCUT2D eigenvalue weighted by atomic mass is 10.2. The summed E-state index contributed by atoms with van der Waals surface area (Å²) in [4.78, 5) is 19.9. The summed E-state index contributed by atoms with van der Waals surface area (Å²) >= 11 is 0. The van der Waals surface area contributed by atoms with Crippen LogP contribution in [0.5, 0.6) is 0 Å². The molecular weight excluding hydrogens is 368 g/mol. The first-order valence-corrected chi connectivity index (χ1v) is 10.3. The molecule has 28 heavy (non-hydrogen) atoms. The van der Waals surface area contributed by atoms with Gasteiger partial charge >= 0.3 is 11.9 Å². The summed E-state index contributed by atoms with van der Waals surface area (Å²) in [5, 5.41) is 33.0. The zero-order valence-electron chi connectivity index (χ0n) is 17.7. The molecule has 4 N–H and O–H groups in total. The molecule has 170 valence electrons. The van der Waals surface area contributed by atoms with Gasteiger partial charge in [0.05, 0.1) is 39.6 Å². The lowest BCUT2D eigenvalue weighted by molar-refractivity contribution is -0.138. The normalized spacial score (nSPS) is 9.71.